The van der Waals surface area contributed by atoms with Crippen molar-refractivity contribution in [2.75, 3.05) is 5.32 Å². The molecule has 0 bridgehead atoms. The maximum Gasteiger partial charge on any atom is 0.274 e. The first kappa shape index (κ1) is 14.6. The lowest BCUT2D eigenvalue weighted by Gasteiger charge is -2.07. The molecule has 0 heterocycles. The minimum atomic E-state index is -0.480. The molecule has 0 spiro atoms. The zero-order valence-corrected chi connectivity index (χ0v) is 11.3. The van der Waals surface area contributed by atoms with Crippen molar-refractivity contribution >= 4 is 17.3 Å². The Morgan fingerprint density at radius 1 is 1.24 bits per heavy atom. The molecular formula is C15H13FN2O3. The number of halogens is 1. The summed E-state index contributed by atoms with van der Waals surface area (Å²) < 4.78 is 12.8. The van der Waals surface area contributed by atoms with E-state index in [1.807, 2.05) is 6.92 Å². The molecule has 0 unspecified atom stereocenters. The van der Waals surface area contributed by atoms with Crippen molar-refractivity contribution in [3.8, 4) is 0 Å². The van der Waals surface area contributed by atoms with Gasteiger partial charge in [0.05, 0.1) is 4.92 Å². The van der Waals surface area contributed by atoms with E-state index in [4.69, 9.17) is 0 Å². The summed E-state index contributed by atoms with van der Waals surface area (Å²) in [7, 11) is 0. The molecule has 0 radical (unpaired) electrons. The number of anilines is 1. The van der Waals surface area contributed by atoms with Gasteiger partial charge in [0.25, 0.3) is 11.6 Å². The molecule has 1 N–H and O–H groups in total. The molecule has 108 valence electrons. The smallest absolute Gasteiger partial charge is 0.274 e. The van der Waals surface area contributed by atoms with E-state index in [1.165, 1.54) is 30.3 Å². The highest BCUT2D eigenvalue weighted by molar-refractivity contribution is 6.04. The number of carbonyl (C=O) groups excluding carboxylic acids is 1. The Balaban J connectivity index is 2.23. The first-order valence-corrected chi connectivity index (χ1v) is 6.35. The number of amides is 1. The van der Waals surface area contributed by atoms with Crippen LogP contribution in [0.2, 0.25) is 0 Å². The quantitative estimate of drug-likeness (QED) is 0.690. The molecule has 5 nitrogen and oxygen atoms in total. The third-order valence-electron chi connectivity index (χ3n) is 3.03. The van der Waals surface area contributed by atoms with Crippen molar-refractivity contribution in [2.24, 2.45) is 0 Å². The van der Waals surface area contributed by atoms with Crippen LogP contribution in [0.25, 0.3) is 0 Å². The number of aryl methyl sites for hydroxylation is 1. The van der Waals surface area contributed by atoms with Gasteiger partial charge in [-0.3, -0.25) is 14.9 Å². The molecule has 1 amide bonds. The largest absolute Gasteiger partial charge is 0.322 e. The first-order valence-electron chi connectivity index (χ1n) is 6.35. The second kappa shape index (κ2) is 6.13. The van der Waals surface area contributed by atoms with Crippen LogP contribution in [0.3, 0.4) is 0 Å². The maximum atomic E-state index is 12.8. The summed E-state index contributed by atoms with van der Waals surface area (Å²) in [4.78, 5) is 22.5. The van der Waals surface area contributed by atoms with Crippen LogP contribution in [-0.4, -0.2) is 10.8 Å². The fraction of sp³-hybridized carbons (Fsp3) is 0.133. The van der Waals surface area contributed by atoms with Crippen LogP contribution in [0.1, 0.15) is 22.8 Å². The van der Waals surface area contributed by atoms with Gasteiger partial charge in [0, 0.05) is 22.9 Å². The highest BCUT2D eigenvalue weighted by Crippen LogP contribution is 2.24. The summed E-state index contributed by atoms with van der Waals surface area (Å²) in [5, 5.41) is 13.5. The van der Waals surface area contributed by atoms with Gasteiger partial charge in [-0.1, -0.05) is 13.0 Å². The van der Waals surface area contributed by atoms with Crippen LogP contribution in [0.15, 0.2) is 42.5 Å². The molecule has 0 aliphatic heterocycles. The zero-order valence-electron chi connectivity index (χ0n) is 11.3. The van der Waals surface area contributed by atoms with Crippen molar-refractivity contribution < 1.29 is 14.1 Å². The first-order chi connectivity index (χ1) is 10.0. The van der Waals surface area contributed by atoms with E-state index in [9.17, 15) is 19.3 Å². The number of nitro groups is 1. The molecule has 0 aromatic heterocycles. The lowest BCUT2D eigenvalue weighted by Crippen LogP contribution is -2.12. The van der Waals surface area contributed by atoms with E-state index in [1.54, 1.807) is 12.1 Å². The van der Waals surface area contributed by atoms with E-state index >= 15 is 0 Å². The molecule has 0 aliphatic rings. The molecule has 2 rings (SSSR count). The van der Waals surface area contributed by atoms with E-state index in [2.05, 4.69) is 5.32 Å². The number of nitro benzene ring substituents is 1. The highest BCUT2D eigenvalue weighted by atomic mass is 19.1. The topological polar surface area (TPSA) is 72.2 Å². The molecule has 0 saturated heterocycles. The number of benzene rings is 2. The van der Waals surface area contributed by atoms with Crippen molar-refractivity contribution in [3.63, 3.8) is 0 Å². The standard InChI is InChI=1S/C15H13FN2O3/c1-2-10-5-8-13(9-14(10)18(20)21)17-15(19)11-3-6-12(16)7-4-11/h3-9H,2H2,1H3,(H,17,19). The second-order valence-corrected chi connectivity index (χ2v) is 4.42. The van der Waals surface area contributed by atoms with Gasteiger partial charge in [-0.25, -0.2) is 4.39 Å². The number of rotatable bonds is 4. The highest BCUT2D eigenvalue weighted by Gasteiger charge is 2.14. The van der Waals surface area contributed by atoms with E-state index in [0.717, 1.165) is 0 Å². The Bertz CT molecular complexity index is 684. The number of hydrogen-bond donors (Lipinski definition) is 1. The molecule has 6 heteroatoms. The van der Waals surface area contributed by atoms with Crippen LogP contribution in [0.4, 0.5) is 15.8 Å². The Morgan fingerprint density at radius 3 is 2.48 bits per heavy atom. The number of nitrogens with one attached hydrogen (secondary N) is 1. The SMILES string of the molecule is CCc1ccc(NC(=O)c2ccc(F)cc2)cc1[N+](=O)[O-]. The molecule has 2 aromatic rings. The van der Waals surface area contributed by atoms with Gasteiger partial charge in [0.2, 0.25) is 0 Å². The Morgan fingerprint density at radius 2 is 1.90 bits per heavy atom. The molecule has 0 aliphatic carbocycles. The van der Waals surface area contributed by atoms with Crippen LogP contribution in [0, 0.1) is 15.9 Å². The monoisotopic (exact) mass is 288 g/mol. The summed E-state index contributed by atoms with van der Waals surface area (Å²) in [6.07, 6.45) is 0.530. The molecule has 0 fully saturated rings. The summed E-state index contributed by atoms with van der Waals surface area (Å²) in [6.45, 7) is 1.82. The average Bonchev–Trinajstić information content (AvgIpc) is 2.47. The minimum absolute atomic E-state index is 0.0330. The van der Waals surface area contributed by atoms with Crippen LogP contribution >= 0.6 is 0 Å². The summed E-state index contributed by atoms with van der Waals surface area (Å²) in [5.74, 6) is -0.886. The summed E-state index contributed by atoms with van der Waals surface area (Å²) in [6, 6.07) is 9.58. The molecule has 0 atom stereocenters. The summed E-state index contributed by atoms with van der Waals surface area (Å²) >= 11 is 0. The molecule has 21 heavy (non-hydrogen) atoms. The van der Waals surface area contributed by atoms with E-state index in [-0.39, 0.29) is 11.3 Å². The van der Waals surface area contributed by atoms with Gasteiger partial charge in [-0.15, -0.1) is 0 Å². The molecule has 2 aromatic carbocycles. The van der Waals surface area contributed by atoms with Gasteiger partial charge in [0.1, 0.15) is 5.82 Å². The number of nitrogens with zero attached hydrogens (tertiary/aromatic N) is 1. The fourth-order valence-corrected chi connectivity index (χ4v) is 1.92. The van der Waals surface area contributed by atoms with Crippen molar-refractivity contribution in [1.29, 1.82) is 0 Å². The third kappa shape index (κ3) is 3.42. The minimum Gasteiger partial charge on any atom is -0.322 e. The molecular weight excluding hydrogens is 275 g/mol. The van der Waals surface area contributed by atoms with Crippen molar-refractivity contribution in [2.45, 2.75) is 13.3 Å². The Hall–Kier alpha value is -2.76. The van der Waals surface area contributed by atoms with E-state index in [0.29, 0.717) is 17.7 Å². The van der Waals surface area contributed by atoms with Gasteiger partial charge >= 0.3 is 0 Å². The lowest BCUT2D eigenvalue weighted by molar-refractivity contribution is -0.385. The maximum absolute atomic E-state index is 12.8. The average molecular weight is 288 g/mol. The van der Waals surface area contributed by atoms with Gasteiger partial charge in [-0.2, -0.15) is 0 Å². The summed E-state index contributed by atoms with van der Waals surface area (Å²) in [5.41, 5.74) is 1.17. The van der Waals surface area contributed by atoms with Crippen LogP contribution < -0.4 is 5.32 Å². The second-order valence-electron chi connectivity index (χ2n) is 4.42. The lowest BCUT2D eigenvalue weighted by atomic mass is 10.1. The van der Waals surface area contributed by atoms with Gasteiger partial charge in [-0.05, 0) is 36.8 Å². The number of carbonyl (C=O) groups is 1. The number of hydrogen-bond acceptors (Lipinski definition) is 3. The predicted molar refractivity (Wildman–Crippen MR) is 76.8 cm³/mol. The Labute approximate surface area is 120 Å². The van der Waals surface area contributed by atoms with Crippen LogP contribution in [0.5, 0.6) is 0 Å². The van der Waals surface area contributed by atoms with Crippen LogP contribution in [-0.2, 0) is 6.42 Å². The predicted octanol–water partition coefficient (Wildman–Crippen LogP) is 3.55. The fourth-order valence-electron chi connectivity index (χ4n) is 1.92. The zero-order chi connectivity index (χ0) is 15.4. The van der Waals surface area contributed by atoms with Crippen molar-refractivity contribution in [3.05, 3.63) is 69.5 Å². The van der Waals surface area contributed by atoms with Gasteiger partial charge < -0.3 is 5.32 Å². The normalized spacial score (nSPS) is 10.2. The van der Waals surface area contributed by atoms with E-state index < -0.39 is 16.6 Å². The molecule has 0 saturated carbocycles. The van der Waals surface area contributed by atoms with Gasteiger partial charge in [0.15, 0.2) is 0 Å². The van der Waals surface area contributed by atoms with Crippen molar-refractivity contribution in [1.82, 2.24) is 0 Å². The third-order valence-corrected chi connectivity index (χ3v) is 3.03. The Kier molecular flexibility index (Phi) is 4.27.